The number of nitrogens with zero attached hydrogens (tertiary/aromatic N) is 1. The van der Waals surface area contributed by atoms with Gasteiger partial charge in [-0.1, -0.05) is 20.8 Å². The summed E-state index contributed by atoms with van der Waals surface area (Å²) in [5.74, 6) is 1.80. The highest BCUT2D eigenvalue weighted by Gasteiger charge is 2.37. The zero-order valence-electron chi connectivity index (χ0n) is 12.1. The monoisotopic (exact) mass is 238 g/mol. The second kappa shape index (κ2) is 5.27. The van der Waals surface area contributed by atoms with Gasteiger partial charge in [-0.15, -0.1) is 0 Å². The average molecular weight is 238 g/mol. The Kier molecular flexibility index (Phi) is 4.14. The van der Waals surface area contributed by atoms with Gasteiger partial charge in [0.05, 0.1) is 0 Å². The van der Waals surface area contributed by atoms with Gasteiger partial charge in [0.1, 0.15) is 0 Å². The summed E-state index contributed by atoms with van der Waals surface area (Å²) in [7, 11) is 0. The molecule has 2 nitrogen and oxygen atoms in total. The number of hydrogen-bond acceptors (Lipinski definition) is 2. The van der Waals surface area contributed by atoms with Gasteiger partial charge in [0.25, 0.3) is 0 Å². The highest BCUT2D eigenvalue weighted by molar-refractivity contribution is 4.94. The van der Waals surface area contributed by atoms with Gasteiger partial charge in [0.2, 0.25) is 0 Å². The maximum Gasteiger partial charge on any atom is 0.0277 e. The summed E-state index contributed by atoms with van der Waals surface area (Å²) >= 11 is 0. The molecule has 1 N–H and O–H groups in total. The van der Waals surface area contributed by atoms with E-state index < -0.39 is 0 Å². The summed E-state index contributed by atoms with van der Waals surface area (Å²) in [5.41, 5.74) is 0.335. The topological polar surface area (TPSA) is 15.3 Å². The van der Waals surface area contributed by atoms with E-state index in [1.807, 2.05) is 0 Å². The van der Waals surface area contributed by atoms with E-state index in [1.54, 1.807) is 0 Å². The van der Waals surface area contributed by atoms with Crippen molar-refractivity contribution in [1.82, 2.24) is 10.2 Å². The van der Waals surface area contributed by atoms with E-state index in [0.29, 0.717) is 5.54 Å². The molecule has 0 aromatic heterocycles. The van der Waals surface area contributed by atoms with E-state index in [2.05, 4.69) is 37.9 Å². The molecule has 0 bridgehead atoms. The summed E-state index contributed by atoms with van der Waals surface area (Å²) in [6, 6.07) is 0.843. The molecule has 17 heavy (non-hydrogen) atoms. The van der Waals surface area contributed by atoms with E-state index in [9.17, 15) is 0 Å². The quantitative estimate of drug-likeness (QED) is 0.796. The van der Waals surface area contributed by atoms with Crippen molar-refractivity contribution in [3.63, 3.8) is 0 Å². The van der Waals surface area contributed by atoms with Crippen LogP contribution in [0.5, 0.6) is 0 Å². The fourth-order valence-corrected chi connectivity index (χ4v) is 3.63. The van der Waals surface area contributed by atoms with Crippen molar-refractivity contribution in [1.29, 1.82) is 0 Å². The molecule has 4 atom stereocenters. The maximum absolute atomic E-state index is 3.75. The lowest BCUT2D eigenvalue weighted by Crippen LogP contribution is -2.51. The molecular weight excluding hydrogens is 208 g/mol. The minimum atomic E-state index is 0.335. The third-order valence-corrected chi connectivity index (χ3v) is 5.40. The molecule has 0 aromatic rings. The van der Waals surface area contributed by atoms with Gasteiger partial charge in [0, 0.05) is 18.1 Å². The first kappa shape index (κ1) is 13.4. The number of nitrogens with one attached hydrogen (secondary N) is 1. The van der Waals surface area contributed by atoms with Crippen molar-refractivity contribution in [3.05, 3.63) is 0 Å². The van der Waals surface area contributed by atoms with Crippen LogP contribution in [0.4, 0.5) is 0 Å². The van der Waals surface area contributed by atoms with E-state index >= 15 is 0 Å². The zero-order chi connectivity index (χ0) is 12.5. The summed E-state index contributed by atoms with van der Waals surface area (Å²) in [5, 5.41) is 3.75. The largest absolute Gasteiger partial charge is 0.310 e. The molecule has 1 aliphatic carbocycles. The van der Waals surface area contributed by atoms with Crippen molar-refractivity contribution < 1.29 is 0 Å². The first-order chi connectivity index (χ1) is 8.06. The van der Waals surface area contributed by atoms with Crippen LogP contribution in [0.25, 0.3) is 0 Å². The highest BCUT2D eigenvalue weighted by atomic mass is 15.2. The van der Waals surface area contributed by atoms with Gasteiger partial charge in [0.15, 0.2) is 0 Å². The fraction of sp³-hybridized carbons (Fsp3) is 1.00. The van der Waals surface area contributed by atoms with Crippen LogP contribution in [0, 0.1) is 11.8 Å². The molecule has 100 valence electrons. The molecule has 2 rings (SSSR count). The second-order valence-electron chi connectivity index (χ2n) is 6.65. The van der Waals surface area contributed by atoms with Crippen LogP contribution in [0.2, 0.25) is 0 Å². The van der Waals surface area contributed by atoms with E-state index in [0.717, 1.165) is 17.9 Å². The molecule has 1 saturated heterocycles. The highest BCUT2D eigenvalue weighted by Crippen LogP contribution is 2.35. The van der Waals surface area contributed by atoms with Crippen LogP contribution >= 0.6 is 0 Å². The predicted molar refractivity (Wildman–Crippen MR) is 74.2 cm³/mol. The van der Waals surface area contributed by atoms with Crippen LogP contribution in [0.15, 0.2) is 0 Å². The minimum absolute atomic E-state index is 0.335. The van der Waals surface area contributed by atoms with Crippen molar-refractivity contribution in [2.45, 2.75) is 65.0 Å². The van der Waals surface area contributed by atoms with Crippen LogP contribution < -0.4 is 5.32 Å². The first-order valence-electron chi connectivity index (χ1n) is 7.55. The summed E-state index contributed by atoms with van der Waals surface area (Å²) in [4.78, 5) is 2.79. The van der Waals surface area contributed by atoms with Gasteiger partial charge in [-0.05, 0) is 57.5 Å². The van der Waals surface area contributed by atoms with Crippen molar-refractivity contribution in [2.75, 3.05) is 19.6 Å². The summed E-state index contributed by atoms with van der Waals surface area (Å²) in [6.07, 6.45) is 5.40. The van der Waals surface area contributed by atoms with Crippen LogP contribution in [0.1, 0.15) is 53.4 Å². The van der Waals surface area contributed by atoms with Gasteiger partial charge in [-0.3, -0.25) is 4.90 Å². The molecule has 2 heteroatoms. The lowest BCUT2D eigenvalue weighted by atomic mass is 9.94. The molecule has 0 amide bonds. The Morgan fingerprint density at radius 3 is 2.65 bits per heavy atom. The van der Waals surface area contributed by atoms with E-state index in [1.165, 1.54) is 45.3 Å². The molecule has 1 saturated carbocycles. The maximum atomic E-state index is 3.75. The summed E-state index contributed by atoms with van der Waals surface area (Å²) in [6.45, 7) is 13.3. The smallest absolute Gasteiger partial charge is 0.0277 e. The Morgan fingerprint density at radius 1 is 1.29 bits per heavy atom. The van der Waals surface area contributed by atoms with E-state index in [4.69, 9.17) is 0 Å². The molecule has 1 heterocycles. The van der Waals surface area contributed by atoms with Crippen LogP contribution in [-0.2, 0) is 0 Å². The fourth-order valence-electron chi connectivity index (χ4n) is 3.63. The van der Waals surface area contributed by atoms with Gasteiger partial charge < -0.3 is 5.32 Å². The molecule has 4 unspecified atom stereocenters. The molecule has 2 fully saturated rings. The Bertz CT molecular complexity index is 253. The van der Waals surface area contributed by atoms with Crippen molar-refractivity contribution in [2.24, 2.45) is 11.8 Å². The molecule has 2 aliphatic rings. The summed E-state index contributed by atoms with van der Waals surface area (Å²) < 4.78 is 0. The second-order valence-corrected chi connectivity index (χ2v) is 6.65. The van der Waals surface area contributed by atoms with E-state index in [-0.39, 0.29) is 0 Å². The predicted octanol–water partition coefficient (Wildman–Crippen LogP) is 2.89. The average Bonchev–Trinajstić information content (AvgIpc) is 2.54. The van der Waals surface area contributed by atoms with Crippen LogP contribution in [-0.4, -0.2) is 36.1 Å². The zero-order valence-corrected chi connectivity index (χ0v) is 12.1. The normalized spacial score (nSPS) is 44.8. The van der Waals surface area contributed by atoms with Crippen molar-refractivity contribution >= 4 is 0 Å². The standard InChI is InChI=1S/C15H30N2/c1-5-15(4)11-17(10-6-9-16-15)14-8-7-12(2)13(14)3/h12-14,16H,5-11H2,1-4H3. The lowest BCUT2D eigenvalue weighted by molar-refractivity contribution is 0.129. The Balaban J connectivity index is 2.04. The Labute approximate surface area is 107 Å². The van der Waals surface area contributed by atoms with Crippen LogP contribution in [0.3, 0.4) is 0 Å². The third-order valence-electron chi connectivity index (χ3n) is 5.40. The third kappa shape index (κ3) is 2.85. The van der Waals surface area contributed by atoms with Gasteiger partial charge in [-0.2, -0.15) is 0 Å². The molecule has 0 radical (unpaired) electrons. The number of hydrogen-bond donors (Lipinski definition) is 1. The van der Waals surface area contributed by atoms with Crippen molar-refractivity contribution in [3.8, 4) is 0 Å². The first-order valence-corrected chi connectivity index (χ1v) is 7.55. The number of rotatable bonds is 2. The Hall–Kier alpha value is -0.0800. The lowest BCUT2D eigenvalue weighted by Gasteiger charge is -2.38. The van der Waals surface area contributed by atoms with Gasteiger partial charge in [-0.25, -0.2) is 0 Å². The minimum Gasteiger partial charge on any atom is -0.310 e. The SMILES string of the molecule is CCC1(C)CN(C2CCC(C)C2C)CCCN1. The van der Waals surface area contributed by atoms with Gasteiger partial charge >= 0.3 is 0 Å². The Morgan fingerprint density at radius 2 is 2.06 bits per heavy atom. The molecule has 0 spiro atoms. The molecule has 0 aromatic carbocycles. The molecular formula is C15H30N2. The molecule has 1 aliphatic heterocycles.